The fourth-order valence-corrected chi connectivity index (χ4v) is 4.54. The summed E-state index contributed by atoms with van der Waals surface area (Å²) in [7, 11) is 0. The van der Waals surface area contributed by atoms with Gasteiger partial charge in [0.15, 0.2) is 0 Å². The second-order valence-corrected chi connectivity index (χ2v) is 7.36. The van der Waals surface area contributed by atoms with Gasteiger partial charge in [-0.3, -0.25) is 4.79 Å². The van der Waals surface area contributed by atoms with Crippen LogP contribution < -0.4 is 16.1 Å². The number of nitrogens with zero attached hydrogens (tertiary/aromatic N) is 1. The molecule has 2 aliphatic heterocycles. The number of alkyl halides is 3. The molecule has 0 aromatic rings. The highest BCUT2D eigenvalue weighted by Gasteiger charge is 2.48. The molecule has 0 aromatic heterocycles. The molecule has 2 heterocycles. The highest BCUT2D eigenvalue weighted by molar-refractivity contribution is 5.86. The van der Waals surface area contributed by atoms with Crippen LogP contribution in [0.3, 0.4) is 0 Å². The number of hydrazine groups is 1. The maximum Gasteiger partial charge on any atom is 0.391 e. The lowest BCUT2D eigenvalue weighted by molar-refractivity contribution is -0.185. The minimum absolute atomic E-state index is 0.0991. The van der Waals surface area contributed by atoms with Crippen LogP contribution in [0.2, 0.25) is 0 Å². The fourth-order valence-electron chi connectivity index (χ4n) is 4.54. The lowest BCUT2D eigenvalue weighted by atomic mass is 9.83. The van der Waals surface area contributed by atoms with Gasteiger partial charge in [0.25, 0.3) is 0 Å². The summed E-state index contributed by atoms with van der Waals surface area (Å²) in [5, 5.41) is 8.44. The van der Waals surface area contributed by atoms with E-state index in [-0.39, 0.29) is 30.8 Å². The molecule has 3 aliphatic rings. The van der Waals surface area contributed by atoms with E-state index in [1.54, 1.807) is 0 Å². The van der Waals surface area contributed by atoms with Gasteiger partial charge in [0.1, 0.15) is 0 Å². The standard InChI is InChI=1S/C17H27F3N4O/c1-2-16(25)22-10-14-13-9-21-8-7-15(13)24(23-14)12-5-3-11(4-6-12)17(18,19)20/h2,11-15,21,23H,1,3-10H2,(H,22,25). The van der Waals surface area contributed by atoms with E-state index in [0.717, 1.165) is 19.5 Å². The molecule has 5 nitrogen and oxygen atoms in total. The van der Waals surface area contributed by atoms with E-state index < -0.39 is 12.1 Å². The largest absolute Gasteiger partial charge is 0.391 e. The molecule has 2 saturated heterocycles. The Kier molecular flexibility index (Phi) is 5.70. The summed E-state index contributed by atoms with van der Waals surface area (Å²) < 4.78 is 38.7. The van der Waals surface area contributed by atoms with Crippen molar-refractivity contribution in [1.29, 1.82) is 0 Å². The van der Waals surface area contributed by atoms with Gasteiger partial charge in [-0.2, -0.15) is 13.2 Å². The number of carbonyl (C=O) groups is 1. The van der Waals surface area contributed by atoms with Crippen molar-refractivity contribution in [3.63, 3.8) is 0 Å². The molecule has 3 N–H and O–H groups in total. The van der Waals surface area contributed by atoms with Crippen molar-refractivity contribution in [3.8, 4) is 0 Å². The average Bonchev–Trinajstić information content (AvgIpc) is 2.98. The van der Waals surface area contributed by atoms with Gasteiger partial charge in [-0.05, 0) is 44.7 Å². The number of amides is 1. The van der Waals surface area contributed by atoms with Crippen molar-refractivity contribution >= 4 is 5.91 Å². The van der Waals surface area contributed by atoms with E-state index in [4.69, 9.17) is 0 Å². The predicted molar refractivity (Wildman–Crippen MR) is 88.5 cm³/mol. The monoisotopic (exact) mass is 360 g/mol. The first-order chi connectivity index (χ1) is 11.9. The van der Waals surface area contributed by atoms with Gasteiger partial charge in [0.2, 0.25) is 5.91 Å². The quantitative estimate of drug-likeness (QED) is 0.667. The van der Waals surface area contributed by atoms with Crippen molar-refractivity contribution in [2.75, 3.05) is 19.6 Å². The number of rotatable bonds is 4. The summed E-state index contributed by atoms with van der Waals surface area (Å²) in [5.74, 6) is -1.01. The van der Waals surface area contributed by atoms with Crippen molar-refractivity contribution in [3.05, 3.63) is 12.7 Å². The molecule has 0 aromatic carbocycles. The van der Waals surface area contributed by atoms with Crippen molar-refractivity contribution < 1.29 is 18.0 Å². The number of halogens is 3. The number of fused-ring (bicyclic) bond motifs is 1. The van der Waals surface area contributed by atoms with Crippen LogP contribution in [-0.4, -0.2) is 54.9 Å². The first-order valence-corrected chi connectivity index (χ1v) is 9.12. The zero-order chi connectivity index (χ0) is 18.0. The second-order valence-electron chi connectivity index (χ2n) is 7.36. The fraction of sp³-hybridized carbons (Fsp3) is 0.824. The van der Waals surface area contributed by atoms with E-state index >= 15 is 0 Å². The van der Waals surface area contributed by atoms with E-state index in [9.17, 15) is 18.0 Å². The van der Waals surface area contributed by atoms with Crippen LogP contribution >= 0.6 is 0 Å². The molecule has 0 radical (unpaired) electrons. The molecule has 142 valence electrons. The molecular weight excluding hydrogens is 333 g/mol. The number of piperidine rings is 1. The Morgan fingerprint density at radius 3 is 2.60 bits per heavy atom. The highest BCUT2D eigenvalue weighted by Crippen LogP contribution is 2.40. The topological polar surface area (TPSA) is 56.4 Å². The number of hydrogen-bond acceptors (Lipinski definition) is 4. The minimum Gasteiger partial charge on any atom is -0.351 e. The number of hydrogen-bond donors (Lipinski definition) is 3. The SMILES string of the molecule is C=CC(=O)NCC1NN(C2CCC(C(F)(F)F)CC2)C2CCNCC12. The van der Waals surface area contributed by atoms with Gasteiger partial charge in [-0.15, -0.1) is 0 Å². The minimum atomic E-state index is -4.07. The Bertz CT molecular complexity index is 491. The summed E-state index contributed by atoms with van der Waals surface area (Å²) >= 11 is 0. The highest BCUT2D eigenvalue weighted by atomic mass is 19.4. The third-order valence-corrected chi connectivity index (χ3v) is 5.91. The molecule has 3 fully saturated rings. The predicted octanol–water partition coefficient (Wildman–Crippen LogP) is 1.58. The van der Waals surface area contributed by atoms with Gasteiger partial charge in [-0.1, -0.05) is 6.58 Å². The number of carbonyl (C=O) groups excluding carboxylic acids is 1. The number of nitrogens with one attached hydrogen (secondary N) is 3. The van der Waals surface area contributed by atoms with Gasteiger partial charge in [0.05, 0.1) is 5.92 Å². The molecule has 1 saturated carbocycles. The second kappa shape index (κ2) is 7.63. The normalized spacial score (nSPS) is 36.7. The Balaban J connectivity index is 1.61. The summed E-state index contributed by atoms with van der Waals surface area (Å²) in [5.41, 5.74) is 3.50. The van der Waals surface area contributed by atoms with Crippen LogP contribution in [0.1, 0.15) is 32.1 Å². The molecule has 0 spiro atoms. The van der Waals surface area contributed by atoms with Crippen molar-refractivity contribution in [2.24, 2.45) is 11.8 Å². The van der Waals surface area contributed by atoms with Crippen LogP contribution in [0.25, 0.3) is 0 Å². The summed E-state index contributed by atoms with van der Waals surface area (Å²) in [6.45, 7) is 5.74. The first-order valence-electron chi connectivity index (χ1n) is 9.12. The van der Waals surface area contributed by atoms with Crippen molar-refractivity contribution in [1.82, 2.24) is 21.1 Å². The lowest BCUT2D eigenvalue weighted by Gasteiger charge is -2.40. The first kappa shape index (κ1) is 18.7. The Labute approximate surface area is 146 Å². The molecule has 8 heteroatoms. The van der Waals surface area contributed by atoms with Gasteiger partial charge in [-0.25, -0.2) is 10.4 Å². The van der Waals surface area contributed by atoms with E-state index in [2.05, 4.69) is 27.6 Å². The zero-order valence-electron chi connectivity index (χ0n) is 14.3. The van der Waals surface area contributed by atoms with Gasteiger partial charge >= 0.3 is 6.18 Å². The maximum absolute atomic E-state index is 12.9. The average molecular weight is 360 g/mol. The zero-order valence-corrected chi connectivity index (χ0v) is 14.3. The molecular formula is C17H27F3N4O. The van der Waals surface area contributed by atoms with E-state index in [1.807, 2.05) is 0 Å². The third kappa shape index (κ3) is 4.17. The van der Waals surface area contributed by atoms with Crippen LogP contribution in [-0.2, 0) is 4.79 Å². The van der Waals surface area contributed by atoms with E-state index in [0.29, 0.717) is 31.3 Å². The Morgan fingerprint density at radius 1 is 1.24 bits per heavy atom. The van der Waals surface area contributed by atoms with Crippen LogP contribution in [0.4, 0.5) is 13.2 Å². The molecule has 3 atom stereocenters. The maximum atomic E-state index is 12.9. The van der Waals surface area contributed by atoms with Crippen LogP contribution in [0, 0.1) is 11.8 Å². The summed E-state index contributed by atoms with van der Waals surface area (Å²) in [6, 6.07) is 0.561. The smallest absolute Gasteiger partial charge is 0.351 e. The Hall–Kier alpha value is -1.12. The van der Waals surface area contributed by atoms with Gasteiger partial charge in [0, 0.05) is 37.1 Å². The lowest BCUT2D eigenvalue weighted by Crippen LogP contribution is -2.51. The molecule has 25 heavy (non-hydrogen) atoms. The van der Waals surface area contributed by atoms with Crippen molar-refractivity contribution in [2.45, 2.75) is 56.4 Å². The van der Waals surface area contributed by atoms with Crippen LogP contribution in [0.15, 0.2) is 12.7 Å². The van der Waals surface area contributed by atoms with E-state index in [1.165, 1.54) is 6.08 Å². The van der Waals surface area contributed by atoms with Crippen LogP contribution in [0.5, 0.6) is 0 Å². The molecule has 1 amide bonds. The summed E-state index contributed by atoms with van der Waals surface area (Å²) in [6.07, 6.45) is -0.290. The molecule has 1 aliphatic carbocycles. The molecule has 3 unspecified atom stereocenters. The van der Waals surface area contributed by atoms with Gasteiger partial charge < -0.3 is 10.6 Å². The Morgan fingerprint density at radius 2 is 1.96 bits per heavy atom. The summed E-state index contributed by atoms with van der Waals surface area (Å²) in [4.78, 5) is 11.4. The molecule has 3 rings (SSSR count). The molecule has 0 bridgehead atoms. The third-order valence-electron chi connectivity index (χ3n) is 5.91.